The second-order valence-electron chi connectivity index (χ2n) is 5.48. The van der Waals surface area contributed by atoms with E-state index in [0.717, 1.165) is 17.9 Å². The van der Waals surface area contributed by atoms with Crippen LogP contribution in [-0.2, 0) is 22.4 Å². The van der Waals surface area contributed by atoms with Gasteiger partial charge in [0.05, 0.1) is 31.5 Å². The Kier molecular flexibility index (Phi) is 8.50. The van der Waals surface area contributed by atoms with Crippen molar-refractivity contribution >= 4 is 35.6 Å². The summed E-state index contributed by atoms with van der Waals surface area (Å²) in [5.41, 5.74) is 1.20. The zero-order valence-corrected chi connectivity index (χ0v) is 15.4. The van der Waals surface area contributed by atoms with Crippen LogP contribution in [0.15, 0.2) is 43.0 Å². The summed E-state index contributed by atoms with van der Waals surface area (Å²) in [6, 6.07) is 7.86. The van der Waals surface area contributed by atoms with Gasteiger partial charge in [-0.25, -0.2) is 4.98 Å². The van der Waals surface area contributed by atoms with Crippen molar-refractivity contribution in [2.24, 2.45) is 0 Å². The second-order valence-corrected chi connectivity index (χ2v) is 6.22. The van der Waals surface area contributed by atoms with Crippen LogP contribution in [0.4, 0.5) is 0 Å². The van der Waals surface area contributed by atoms with Gasteiger partial charge in [-0.05, 0) is 24.1 Å². The van der Waals surface area contributed by atoms with E-state index in [4.69, 9.17) is 32.7 Å². The first kappa shape index (κ1) is 21.2. The number of benzene rings is 1. The average molecular weight is 396 g/mol. The van der Waals surface area contributed by atoms with Crippen molar-refractivity contribution in [2.75, 3.05) is 12.5 Å². The molecule has 1 aliphatic heterocycles. The molecule has 0 aliphatic carbocycles. The molecule has 1 aliphatic rings. The van der Waals surface area contributed by atoms with Crippen LogP contribution in [0.25, 0.3) is 0 Å². The highest BCUT2D eigenvalue weighted by Gasteiger charge is 2.41. The van der Waals surface area contributed by atoms with E-state index in [2.05, 4.69) is 4.98 Å². The Morgan fingerprint density at radius 3 is 2.62 bits per heavy atom. The molecule has 2 heterocycles. The third kappa shape index (κ3) is 5.34. The minimum absolute atomic E-state index is 0. The quantitative estimate of drug-likeness (QED) is 0.706. The van der Waals surface area contributed by atoms with E-state index >= 15 is 0 Å². The number of imidazole rings is 1. The summed E-state index contributed by atoms with van der Waals surface area (Å²) in [4.78, 5) is 4.07. The van der Waals surface area contributed by atoms with Crippen LogP contribution in [0.1, 0.15) is 12.0 Å². The molecule has 0 saturated carbocycles. The molecule has 0 radical (unpaired) electrons. The lowest BCUT2D eigenvalue weighted by Gasteiger charge is -2.28. The van der Waals surface area contributed by atoms with Gasteiger partial charge in [0, 0.05) is 23.8 Å². The molecule has 2 atom stereocenters. The Bertz CT molecular complexity index is 595. The van der Waals surface area contributed by atoms with Gasteiger partial charge in [-0.3, -0.25) is 0 Å². The molecule has 134 valence electrons. The van der Waals surface area contributed by atoms with Crippen molar-refractivity contribution in [3.63, 3.8) is 0 Å². The van der Waals surface area contributed by atoms with E-state index in [9.17, 15) is 0 Å². The maximum absolute atomic E-state index is 6.09. The highest BCUT2D eigenvalue weighted by Crippen LogP contribution is 2.31. The van der Waals surface area contributed by atoms with Crippen molar-refractivity contribution in [1.29, 1.82) is 0 Å². The molecule has 2 aromatic rings. The molecule has 1 aromatic heterocycles. The molecule has 1 saturated heterocycles. The molecule has 2 unspecified atom stereocenters. The first-order chi connectivity index (χ1) is 10.7. The third-order valence-corrected chi connectivity index (χ3v) is 4.37. The third-order valence-electron chi connectivity index (χ3n) is 3.78. The normalized spacial score (nSPS) is 22.7. The van der Waals surface area contributed by atoms with Crippen LogP contribution in [0, 0.1) is 0 Å². The van der Waals surface area contributed by atoms with Crippen LogP contribution in [0.2, 0.25) is 5.02 Å². The number of ether oxygens (including phenoxy) is 2. The van der Waals surface area contributed by atoms with E-state index in [0.29, 0.717) is 19.0 Å². The lowest BCUT2D eigenvalue weighted by Crippen LogP contribution is -2.36. The smallest absolute Gasteiger partial charge is 0.187 e. The molecular formula is C16H21Cl3N2O3. The number of aryl methyl sites for hydroxylation is 1. The Balaban J connectivity index is 0.00000144. The number of alkyl halides is 1. The van der Waals surface area contributed by atoms with Gasteiger partial charge in [0.15, 0.2) is 5.79 Å². The molecule has 8 heteroatoms. The number of halogens is 3. The minimum Gasteiger partial charge on any atom is -0.412 e. The predicted octanol–water partition coefficient (Wildman–Crippen LogP) is 3.12. The van der Waals surface area contributed by atoms with Gasteiger partial charge < -0.3 is 19.5 Å². The molecule has 1 aromatic carbocycles. The van der Waals surface area contributed by atoms with E-state index in [1.807, 2.05) is 35.0 Å². The number of aromatic nitrogens is 2. The first-order valence-electron chi connectivity index (χ1n) is 7.27. The monoisotopic (exact) mass is 394 g/mol. The lowest BCUT2D eigenvalue weighted by atomic mass is 10.0. The lowest BCUT2D eigenvalue weighted by molar-refractivity contribution is -0.180. The second kappa shape index (κ2) is 9.61. The summed E-state index contributed by atoms with van der Waals surface area (Å²) in [6.07, 6.45) is 6.97. The Morgan fingerprint density at radius 1 is 1.29 bits per heavy atom. The van der Waals surface area contributed by atoms with Crippen LogP contribution in [-0.4, -0.2) is 39.4 Å². The fourth-order valence-electron chi connectivity index (χ4n) is 2.63. The van der Waals surface area contributed by atoms with E-state index in [-0.39, 0.29) is 24.0 Å². The van der Waals surface area contributed by atoms with Gasteiger partial charge in [-0.1, -0.05) is 23.7 Å². The van der Waals surface area contributed by atoms with Gasteiger partial charge >= 0.3 is 0 Å². The van der Waals surface area contributed by atoms with Crippen molar-refractivity contribution in [1.82, 2.24) is 9.55 Å². The highest BCUT2D eigenvalue weighted by atomic mass is 35.5. The van der Waals surface area contributed by atoms with E-state index in [1.165, 1.54) is 5.56 Å². The van der Waals surface area contributed by atoms with E-state index < -0.39 is 5.79 Å². The number of hydrogen-bond donors (Lipinski definition) is 0. The van der Waals surface area contributed by atoms with Crippen LogP contribution < -0.4 is 0 Å². The summed E-state index contributed by atoms with van der Waals surface area (Å²) in [6.45, 7) is 1.13. The summed E-state index contributed by atoms with van der Waals surface area (Å²) in [5.74, 6) is -0.216. The highest BCUT2D eigenvalue weighted by molar-refractivity contribution is 6.30. The zero-order valence-electron chi connectivity index (χ0n) is 13.0. The van der Waals surface area contributed by atoms with Gasteiger partial charge in [0.1, 0.15) is 0 Å². The predicted molar refractivity (Wildman–Crippen MR) is 97.1 cm³/mol. The summed E-state index contributed by atoms with van der Waals surface area (Å²) < 4.78 is 14.0. The topological polar surface area (TPSA) is 67.8 Å². The summed E-state index contributed by atoms with van der Waals surface area (Å²) in [5, 5.41) is 0.743. The molecule has 3 rings (SSSR count). The van der Waals surface area contributed by atoms with Crippen molar-refractivity contribution in [3.8, 4) is 0 Å². The van der Waals surface area contributed by atoms with Gasteiger partial charge in [-0.2, -0.15) is 0 Å². The van der Waals surface area contributed by atoms with Gasteiger partial charge in [0.2, 0.25) is 0 Å². The first-order valence-corrected chi connectivity index (χ1v) is 8.18. The molecule has 0 amide bonds. The summed E-state index contributed by atoms with van der Waals surface area (Å²) >= 11 is 11.8. The van der Waals surface area contributed by atoms with Gasteiger partial charge in [0.25, 0.3) is 0 Å². The minimum atomic E-state index is -0.653. The Hall–Kier alpha value is -0.820. The van der Waals surface area contributed by atoms with Crippen LogP contribution >= 0.6 is 35.6 Å². The number of hydrogen-bond acceptors (Lipinski definition) is 3. The Labute approximate surface area is 157 Å². The molecule has 2 N–H and O–H groups in total. The largest absolute Gasteiger partial charge is 0.412 e. The summed E-state index contributed by atoms with van der Waals surface area (Å²) in [7, 11) is 0. The van der Waals surface area contributed by atoms with Crippen LogP contribution in [0.3, 0.4) is 0 Å². The van der Waals surface area contributed by atoms with Gasteiger partial charge in [-0.15, -0.1) is 24.0 Å². The molecular weight excluding hydrogens is 375 g/mol. The van der Waals surface area contributed by atoms with Crippen molar-refractivity contribution in [3.05, 3.63) is 53.6 Å². The fourth-order valence-corrected chi connectivity index (χ4v) is 2.91. The number of rotatable bonds is 6. The molecule has 5 nitrogen and oxygen atoms in total. The average Bonchev–Trinajstić information content (AvgIpc) is 3.17. The maximum Gasteiger partial charge on any atom is 0.187 e. The molecule has 1 fully saturated rings. The Morgan fingerprint density at radius 2 is 2.04 bits per heavy atom. The number of nitrogens with zero attached hydrogens (tertiary/aromatic N) is 2. The SMILES string of the molecule is Cl.ClCC1COC(CCc2ccc(Cl)cc2)(Cn2ccnc2)O1.O. The van der Waals surface area contributed by atoms with E-state index in [1.54, 1.807) is 12.5 Å². The zero-order chi connectivity index (χ0) is 15.4. The molecule has 0 bridgehead atoms. The van der Waals surface area contributed by atoms with Crippen LogP contribution in [0.5, 0.6) is 0 Å². The standard InChI is InChI=1S/C16H18Cl2N2O2.ClH.H2O/c17-9-15-10-21-16(22-15,11-20-8-7-19-12-20)6-5-13-1-3-14(18)4-2-13;;/h1-4,7-8,12,15H,5-6,9-11H2;1H;1H2. The fraction of sp³-hybridized carbons (Fsp3) is 0.438. The van der Waals surface area contributed by atoms with Crippen molar-refractivity contribution in [2.45, 2.75) is 31.3 Å². The molecule has 24 heavy (non-hydrogen) atoms. The van der Waals surface area contributed by atoms with Crippen molar-refractivity contribution < 1.29 is 14.9 Å². The maximum atomic E-state index is 6.09. The molecule has 0 spiro atoms.